The van der Waals surface area contributed by atoms with Gasteiger partial charge in [0.15, 0.2) is 0 Å². The maximum Gasteiger partial charge on any atom is 0.134 e. The molecular formula is C17H18N2O. The minimum atomic E-state index is 0.134. The third-order valence-electron chi connectivity index (χ3n) is 3.66. The Morgan fingerprint density at radius 1 is 1.00 bits per heavy atom. The van der Waals surface area contributed by atoms with Crippen LogP contribution >= 0.6 is 0 Å². The normalized spacial score (nSPS) is 11.9. The van der Waals surface area contributed by atoms with Crippen LogP contribution < -0.4 is 0 Å². The first-order chi connectivity index (χ1) is 9.47. The van der Waals surface area contributed by atoms with Crippen molar-refractivity contribution in [3.8, 4) is 16.9 Å². The van der Waals surface area contributed by atoms with Gasteiger partial charge in [-0.2, -0.15) is 5.10 Å². The lowest BCUT2D eigenvalue weighted by Gasteiger charge is -2.19. The van der Waals surface area contributed by atoms with Crippen molar-refractivity contribution in [1.82, 2.24) is 10.2 Å². The zero-order chi connectivity index (χ0) is 14.3. The molecule has 0 aliphatic heterocycles. The average molecular weight is 266 g/mol. The summed E-state index contributed by atoms with van der Waals surface area (Å²) in [7, 11) is 0. The van der Waals surface area contributed by atoms with Gasteiger partial charge >= 0.3 is 0 Å². The molecule has 0 aliphatic rings. The number of nitrogens with one attached hydrogen (secondary N) is 1. The molecule has 0 unspecified atom stereocenters. The number of benzene rings is 2. The number of phenols is 1. The van der Waals surface area contributed by atoms with E-state index in [1.165, 1.54) is 5.56 Å². The second-order valence-corrected chi connectivity index (χ2v) is 6.12. The number of nitrogens with zero attached hydrogens (tertiary/aromatic N) is 1. The van der Waals surface area contributed by atoms with Crippen LogP contribution in [0.4, 0.5) is 0 Å². The molecule has 2 N–H and O–H groups in total. The van der Waals surface area contributed by atoms with Crippen molar-refractivity contribution in [2.24, 2.45) is 0 Å². The van der Waals surface area contributed by atoms with Crippen LogP contribution in [0.1, 0.15) is 26.3 Å². The predicted octanol–water partition coefficient (Wildman–Crippen LogP) is 4.23. The fourth-order valence-electron chi connectivity index (χ4n) is 2.39. The van der Waals surface area contributed by atoms with Crippen LogP contribution in [0.25, 0.3) is 22.0 Å². The zero-order valence-corrected chi connectivity index (χ0v) is 11.9. The molecule has 3 rings (SSSR count). The Morgan fingerprint density at radius 2 is 1.70 bits per heavy atom. The average Bonchev–Trinajstić information content (AvgIpc) is 2.88. The van der Waals surface area contributed by atoms with E-state index in [9.17, 15) is 5.11 Å². The monoisotopic (exact) mass is 266 g/mol. The molecule has 0 atom stereocenters. The van der Waals surface area contributed by atoms with Gasteiger partial charge in [0.05, 0.1) is 17.1 Å². The molecule has 3 heteroatoms. The summed E-state index contributed by atoms with van der Waals surface area (Å²) in [6.07, 6.45) is 1.65. The third kappa shape index (κ3) is 2.05. The molecule has 0 saturated heterocycles. The Bertz CT molecular complexity index is 749. The molecule has 0 aliphatic carbocycles. The van der Waals surface area contributed by atoms with E-state index in [0.717, 1.165) is 22.0 Å². The summed E-state index contributed by atoms with van der Waals surface area (Å²) in [5, 5.41) is 17.9. The van der Waals surface area contributed by atoms with Crippen molar-refractivity contribution in [3.05, 3.63) is 48.2 Å². The number of phenolic OH excluding ortho intramolecular Hbond substituents is 1. The molecule has 0 bridgehead atoms. The number of hydrogen-bond acceptors (Lipinski definition) is 2. The van der Waals surface area contributed by atoms with Gasteiger partial charge in [-0.15, -0.1) is 0 Å². The highest BCUT2D eigenvalue weighted by Crippen LogP contribution is 2.35. The van der Waals surface area contributed by atoms with Crippen molar-refractivity contribution in [2.45, 2.75) is 26.2 Å². The first kappa shape index (κ1) is 12.7. The standard InChI is InChI=1S/C17H18N2O/c1-17(2,3)12-6-4-11(5-7-12)13-8-9-15-14(16(13)20)10-18-19-15/h4-10,20H,1-3H3,(H,18,19). The fraction of sp³-hybridized carbons (Fsp3) is 0.235. The minimum Gasteiger partial charge on any atom is -0.507 e. The topological polar surface area (TPSA) is 48.9 Å². The van der Waals surface area contributed by atoms with Crippen molar-refractivity contribution < 1.29 is 5.11 Å². The van der Waals surface area contributed by atoms with Crippen LogP contribution in [0.15, 0.2) is 42.6 Å². The second-order valence-electron chi connectivity index (χ2n) is 6.12. The van der Waals surface area contributed by atoms with Gasteiger partial charge in [-0.1, -0.05) is 45.0 Å². The number of fused-ring (bicyclic) bond motifs is 1. The summed E-state index contributed by atoms with van der Waals surface area (Å²) < 4.78 is 0. The summed E-state index contributed by atoms with van der Waals surface area (Å²) >= 11 is 0. The molecule has 0 fully saturated rings. The summed E-state index contributed by atoms with van der Waals surface area (Å²) in [5.74, 6) is 0.278. The Morgan fingerprint density at radius 3 is 2.35 bits per heavy atom. The van der Waals surface area contributed by atoms with E-state index in [1.807, 2.05) is 12.1 Å². The summed E-state index contributed by atoms with van der Waals surface area (Å²) in [6, 6.07) is 12.2. The molecule has 3 nitrogen and oxygen atoms in total. The van der Waals surface area contributed by atoms with Gasteiger partial charge in [0.25, 0.3) is 0 Å². The van der Waals surface area contributed by atoms with Crippen molar-refractivity contribution in [3.63, 3.8) is 0 Å². The Kier molecular flexibility index (Phi) is 2.78. The second kappa shape index (κ2) is 4.37. The molecule has 2 aromatic carbocycles. The van der Waals surface area contributed by atoms with Gasteiger partial charge in [-0.25, -0.2) is 0 Å². The van der Waals surface area contributed by atoms with E-state index in [1.54, 1.807) is 6.20 Å². The Labute approximate surface area is 118 Å². The molecule has 1 heterocycles. The lowest BCUT2D eigenvalue weighted by molar-refractivity contribution is 0.483. The Balaban J connectivity index is 2.09. The van der Waals surface area contributed by atoms with Gasteiger partial charge in [-0.05, 0) is 28.7 Å². The molecule has 102 valence electrons. The molecule has 1 aromatic heterocycles. The number of aromatic amines is 1. The van der Waals surface area contributed by atoms with E-state index in [-0.39, 0.29) is 11.2 Å². The molecular weight excluding hydrogens is 248 g/mol. The van der Waals surface area contributed by atoms with Gasteiger partial charge in [0.1, 0.15) is 5.75 Å². The fourth-order valence-corrected chi connectivity index (χ4v) is 2.39. The SMILES string of the molecule is CC(C)(C)c1ccc(-c2ccc3[nH]ncc3c2O)cc1. The highest BCUT2D eigenvalue weighted by molar-refractivity contribution is 5.92. The van der Waals surface area contributed by atoms with Crippen LogP contribution in [-0.4, -0.2) is 15.3 Å². The molecule has 0 spiro atoms. The highest BCUT2D eigenvalue weighted by atomic mass is 16.3. The van der Waals surface area contributed by atoms with Crippen LogP contribution in [0.2, 0.25) is 0 Å². The quantitative estimate of drug-likeness (QED) is 0.692. The summed E-state index contributed by atoms with van der Waals surface area (Å²) in [4.78, 5) is 0. The third-order valence-corrected chi connectivity index (χ3v) is 3.66. The van der Waals surface area contributed by atoms with Gasteiger partial charge in [0.2, 0.25) is 0 Å². The van der Waals surface area contributed by atoms with Crippen LogP contribution in [0, 0.1) is 0 Å². The van der Waals surface area contributed by atoms with E-state index in [0.29, 0.717) is 0 Å². The van der Waals surface area contributed by atoms with E-state index in [2.05, 4.69) is 55.2 Å². The number of H-pyrrole nitrogens is 1. The molecule has 20 heavy (non-hydrogen) atoms. The molecule has 0 radical (unpaired) electrons. The van der Waals surface area contributed by atoms with E-state index in [4.69, 9.17) is 0 Å². The largest absolute Gasteiger partial charge is 0.507 e. The van der Waals surface area contributed by atoms with Crippen LogP contribution in [0.5, 0.6) is 5.75 Å². The van der Waals surface area contributed by atoms with Crippen LogP contribution in [0.3, 0.4) is 0 Å². The smallest absolute Gasteiger partial charge is 0.134 e. The van der Waals surface area contributed by atoms with E-state index < -0.39 is 0 Å². The molecule has 3 aromatic rings. The van der Waals surface area contributed by atoms with Crippen molar-refractivity contribution in [1.29, 1.82) is 0 Å². The number of aromatic nitrogens is 2. The van der Waals surface area contributed by atoms with E-state index >= 15 is 0 Å². The number of aromatic hydroxyl groups is 1. The molecule has 0 saturated carbocycles. The Hall–Kier alpha value is -2.29. The van der Waals surface area contributed by atoms with Crippen LogP contribution in [-0.2, 0) is 5.41 Å². The van der Waals surface area contributed by atoms with Gasteiger partial charge in [0, 0.05) is 5.56 Å². The first-order valence-electron chi connectivity index (χ1n) is 6.73. The highest BCUT2D eigenvalue weighted by Gasteiger charge is 2.14. The predicted molar refractivity (Wildman–Crippen MR) is 81.9 cm³/mol. The summed E-state index contributed by atoms with van der Waals surface area (Å²) in [5.41, 5.74) is 4.11. The van der Waals surface area contributed by atoms with Crippen molar-refractivity contribution >= 4 is 10.9 Å². The van der Waals surface area contributed by atoms with Crippen molar-refractivity contribution in [2.75, 3.05) is 0 Å². The number of rotatable bonds is 1. The summed E-state index contributed by atoms with van der Waals surface area (Å²) in [6.45, 7) is 6.57. The lowest BCUT2D eigenvalue weighted by Crippen LogP contribution is -2.10. The lowest BCUT2D eigenvalue weighted by atomic mass is 9.86. The maximum absolute atomic E-state index is 10.4. The van der Waals surface area contributed by atoms with Gasteiger partial charge < -0.3 is 5.11 Å². The maximum atomic E-state index is 10.4. The number of hydrogen-bond donors (Lipinski definition) is 2. The first-order valence-corrected chi connectivity index (χ1v) is 6.73. The molecule has 0 amide bonds. The van der Waals surface area contributed by atoms with Gasteiger partial charge in [-0.3, -0.25) is 5.10 Å². The zero-order valence-electron chi connectivity index (χ0n) is 11.9. The minimum absolute atomic E-state index is 0.134.